The molecule has 2 saturated carbocycles. The third-order valence-electron chi connectivity index (χ3n) is 10.6. The minimum atomic E-state index is -1.09. The number of fused-ring (bicyclic) bond motifs is 3. The van der Waals surface area contributed by atoms with E-state index in [1.807, 2.05) is 56.3 Å². The highest BCUT2D eigenvalue weighted by Gasteiger charge is 2.62. The van der Waals surface area contributed by atoms with E-state index in [1.165, 1.54) is 0 Å². The largest absolute Gasteiger partial charge is 0.496 e. The van der Waals surface area contributed by atoms with E-state index in [1.54, 1.807) is 14.0 Å². The van der Waals surface area contributed by atoms with E-state index in [9.17, 15) is 14.4 Å². The van der Waals surface area contributed by atoms with Crippen molar-refractivity contribution in [1.82, 2.24) is 15.3 Å². The quantitative estimate of drug-likeness (QED) is 0.206. The zero-order chi connectivity index (χ0) is 34.9. The van der Waals surface area contributed by atoms with E-state index in [2.05, 4.69) is 25.2 Å². The summed E-state index contributed by atoms with van der Waals surface area (Å²) in [5, 5.41) is 3.91. The highest BCUT2D eigenvalue weighted by atomic mass is 16.5. The van der Waals surface area contributed by atoms with Crippen LogP contribution in [0.4, 0.5) is 0 Å². The van der Waals surface area contributed by atoms with Gasteiger partial charge in [-0.25, -0.2) is 9.78 Å². The van der Waals surface area contributed by atoms with Crippen LogP contribution in [0.25, 0.3) is 22.3 Å². The Hall–Kier alpha value is -4.27. The van der Waals surface area contributed by atoms with Gasteiger partial charge < -0.3 is 19.5 Å². The first-order chi connectivity index (χ1) is 23.6. The van der Waals surface area contributed by atoms with Gasteiger partial charge in [0.1, 0.15) is 28.9 Å². The first-order valence-electron chi connectivity index (χ1n) is 17.9. The third-order valence-corrected chi connectivity index (χ3v) is 10.6. The van der Waals surface area contributed by atoms with Crippen LogP contribution < -0.4 is 14.8 Å². The zero-order valence-electron chi connectivity index (χ0n) is 29.6. The van der Waals surface area contributed by atoms with Crippen LogP contribution in [0, 0.1) is 30.6 Å². The van der Waals surface area contributed by atoms with Crippen LogP contribution in [-0.4, -0.2) is 53.0 Å². The van der Waals surface area contributed by atoms with Gasteiger partial charge in [-0.2, -0.15) is 0 Å². The number of Topliss-reactive ketones (excluding diaryl/α,β-unsaturated/α-hetero) is 1. The molecule has 0 bridgehead atoms. The number of allylic oxidation sites excluding steroid dienone is 1. The van der Waals surface area contributed by atoms with Crippen molar-refractivity contribution >= 4 is 28.6 Å². The molecule has 0 radical (unpaired) electrons. The molecule has 6 unspecified atom stereocenters. The van der Waals surface area contributed by atoms with Crippen molar-refractivity contribution < 1.29 is 28.6 Å². The van der Waals surface area contributed by atoms with E-state index < -0.39 is 29.4 Å². The predicted molar refractivity (Wildman–Crippen MR) is 188 cm³/mol. The zero-order valence-corrected chi connectivity index (χ0v) is 29.6. The smallest absolute Gasteiger partial charge is 0.332 e. The number of amides is 1. The number of hydrogen-bond donors (Lipinski definition) is 1. The third kappa shape index (κ3) is 6.94. The molecule has 49 heavy (non-hydrogen) atoms. The number of nitrogens with zero attached hydrogens (tertiary/aromatic N) is 2. The Balaban J connectivity index is 1.36. The molecule has 9 heteroatoms. The molecule has 2 fully saturated rings. The lowest BCUT2D eigenvalue weighted by Crippen LogP contribution is -2.49. The number of pyridine rings is 2. The van der Waals surface area contributed by atoms with Crippen molar-refractivity contribution in [2.24, 2.45) is 23.7 Å². The van der Waals surface area contributed by atoms with Crippen molar-refractivity contribution in [2.75, 3.05) is 13.7 Å². The van der Waals surface area contributed by atoms with Gasteiger partial charge >= 0.3 is 5.97 Å². The van der Waals surface area contributed by atoms with Gasteiger partial charge in [0, 0.05) is 40.5 Å². The maximum atomic E-state index is 14.1. The van der Waals surface area contributed by atoms with Crippen molar-refractivity contribution in [3.8, 4) is 22.9 Å². The lowest BCUT2D eigenvalue weighted by molar-refractivity contribution is -0.150. The summed E-state index contributed by atoms with van der Waals surface area (Å²) in [4.78, 5) is 51.3. The molecule has 1 amide bonds. The molecule has 1 N–H and O–H groups in total. The van der Waals surface area contributed by atoms with Crippen molar-refractivity contribution in [3.63, 3.8) is 0 Å². The number of benzene rings is 1. The summed E-state index contributed by atoms with van der Waals surface area (Å²) in [5.74, 6) is -0.465. The minimum Gasteiger partial charge on any atom is -0.496 e. The average Bonchev–Trinajstić information content (AvgIpc) is 3.62. The summed E-state index contributed by atoms with van der Waals surface area (Å²) in [6.45, 7) is 10.2. The second-order valence-electron chi connectivity index (χ2n) is 14.3. The first-order valence-corrected chi connectivity index (χ1v) is 17.9. The number of hydrogen-bond acceptors (Lipinski definition) is 8. The van der Waals surface area contributed by atoms with Crippen LogP contribution in [0.1, 0.15) is 89.8 Å². The number of rotatable bonds is 7. The summed E-state index contributed by atoms with van der Waals surface area (Å²) in [6, 6.07) is 11.7. The van der Waals surface area contributed by atoms with Crippen LogP contribution in [0.3, 0.4) is 0 Å². The summed E-state index contributed by atoms with van der Waals surface area (Å²) >= 11 is 0. The number of methoxy groups -OCH3 is 1. The second-order valence-corrected chi connectivity index (χ2v) is 14.3. The van der Waals surface area contributed by atoms with Gasteiger partial charge in [0.25, 0.3) is 0 Å². The molecule has 2 aliphatic carbocycles. The van der Waals surface area contributed by atoms with Crippen molar-refractivity contribution in [3.05, 3.63) is 59.8 Å². The molecule has 3 heterocycles. The number of ether oxygens (including phenoxy) is 3. The van der Waals surface area contributed by atoms with E-state index in [0.29, 0.717) is 30.7 Å². The Labute approximate surface area is 289 Å². The normalized spacial score (nSPS) is 27.9. The molecular weight excluding hydrogens is 618 g/mol. The van der Waals surface area contributed by atoms with Crippen LogP contribution in [0.15, 0.2) is 48.6 Å². The average molecular weight is 668 g/mol. The van der Waals surface area contributed by atoms with E-state index >= 15 is 0 Å². The predicted octanol–water partition coefficient (Wildman–Crippen LogP) is 7.28. The molecule has 6 atom stereocenters. The Morgan fingerprint density at radius 3 is 2.59 bits per heavy atom. The Kier molecular flexibility index (Phi) is 10.1. The topological polar surface area (TPSA) is 117 Å². The Morgan fingerprint density at radius 1 is 1.04 bits per heavy atom. The number of aromatic nitrogens is 2. The molecule has 3 aliphatic rings. The van der Waals surface area contributed by atoms with E-state index in [0.717, 1.165) is 59.3 Å². The van der Waals surface area contributed by atoms with Gasteiger partial charge in [-0.1, -0.05) is 45.4 Å². The lowest BCUT2D eigenvalue weighted by Gasteiger charge is -2.24. The SMILES string of the molecule is CCOC(=O)C12CC1/C=C\CCCCC(C)C(=O)C1CC(Oc3cc(-c4cccc(C(C)C)n4)nc4c(C)c(OC)ccc34)CC1C(=O)N2. The fraction of sp³-hybridized carbons (Fsp3) is 0.525. The highest BCUT2D eigenvalue weighted by Crippen LogP contribution is 2.48. The van der Waals surface area contributed by atoms with Gasteiger partial charge in [0.15, 0.2) is 0 Å². The number of carbonyl (C=O) groups is 3. The fourth-order valence-electron chi connectivity index (χ4n) is 7.62. The molecule has 1 aromatic carbocycles. The molecule has 2 aromatic heterocycles. The van der Waals surface area contributed by atoms with E-state index in [-0.39, 0.29) is 36.1 Å². The molecule has 0 saturated heterocycles. The second kappa shape index (κ2) is 14.3. The monoisotopic (exact) mass is 667 g/mol. The summed E-state index contributed by atoms with van der Waals surface area (Å²) in [6.07, 6.45) is 8.54. The molecular formula is C40H49N3O6. The minimum absolute atomic E-state index is 0.0898. The van der Waals surface area contributed by atoms with Gasteiger partial charge in [-0.15, -0.1) is 0 Å². The standard InChI is InChI=1S/C40H49N3O6/c1-7-48-39(46)40-22-26(40)14-11-9-8-10-13-24(4)37(44)29-19-27(20-30(29)38(45)43-40)49-35-21-33(32-16-12-15-31(41-32)23(2)3)42-36-25(5)34(47-6)18-17-28(35)36/h11-12,14-18,21,23-24,26-27,29-30H,7-10,13,19-20,22H2,1-6H3,(H,43,45)/b14-11-. The molecule has 0 spiro atoms. The number of aryl methyl sites for hydroxylation is 1. The molecule has 3 aromatic rings. The van der Waals surface area contributed by atoms with Crippen LogP contribution >= 0.6 is 0 Å². The molecule has 260 valence electrons. The van der Waals surface area contributed by atoms with Gasteiger partial charge in [0.2, 0.25) is 5.91 Å². The molecule has 1 aliphatic heterocycles. The first kappa shape index (κ1) is 34.6. The number of nitrogens with one attached hydrogen (secondary N) is 1. The number of esters is 1. The maximum absolute atomic E-state index is 14.1. The summed E-state index contributed by atoms with van der Waals surface area (Å²) < 4.78 is 17.9. The Morgan fingerprint density at radius 2 is 1.84 bits per heavy atom. The molecule has 6 rings (SSSR count). The number of ketones is 1. The number of carbonyl (C=O) groups excluding carboxylic acids is 3. The van der Waals surface area contributed by atoms with Crippen LogP contribution in [0.2, 0.25) is 0 Å². The summed E-state index contributed by atoms with van der Waals surface area (Å²) in [7, 11) is 1.64. The van der Waals surface area contributed by atoms with Crippen LogP contribution in [0.5, 0.6) is 11.5 Å². The lowest BCUT2D eigenvalue weighted by atomic mass is 9.83. The fourth-order valence-corrected chi connectivity index (χ4v) is 7.62. The Bertz CT molecular complexity index is 1770. The molecule has 9 nitrogen and oxygen atoms in total. The van der Waals surface area contributed by atoms with Crippen molar-refractivity contribution in [2.45, 2.75) is 97.1 Å². The summed E-state index contributed by atoms with van der Waals surface area (Å²) in [5.41, 5.74) is 2.91. The van der Waals surface area contributed by atoms with Gasteiger partial charge in [0.05, 0.1) is 36.5 Å². The maximum Gasteiger partial charge on any atom is 0.332 e. The van der Waals surface area contributed by atoms with E-state index in [4.69, 9.17) is 24.2 Å². The van der Waals surface area contributed by atoms with Gasteiger partial charge in [-0.05, 0) is 82.6 Å². The highest BCUT2D eigenvalue weighted by molar-refractivity contribution is 5.96. The van der Waals surface area contributed by atoms with Gasteiger partial charge in [-0.3, -0.25) is 14.6 Å². The van der Waals surface area contributed by atoms with Crippen molar-refractivity contribution in [1.29, 1.82) is 0 Å². The van der Waals surface area contributed by atoms with Crippen LogP contribution in [-0.2, 0) is 19.1 Å².